The molecule has 0 heterocycles. The zero-order chi connectivity index (χ0) is 15.3. The van der Waals surface area contributed by atoms with Crippen molar-refractivity contribution in [2.24, 2.45) is 17.6 Å². The molecule has 0 saturated carbocycles. The van der Waals surface area contributed by atoms with Gasteiger partial charge in [-0.25, -0.2) is 8.42 Å². The van der Waals surface area contributed by atoms with Gasteiger partial charge in [-0.2, -0.15) is 0 Å². The Morgan fingerprint density at radius 2 is 1.90 bits per heavy atom. The fourth-order valence-electron chi connectivity index (χ4n) is 1.79. The fourth-order valence-corrected chi connectivity index (χ4v) is 2.35. The summed E-state index contributed by atoms with van der Waals surface area (Å²) in [5.74, 6) is -0.308. The largest absolute Gasteiger partial charge is 0.330 e. The zero-order valence-electron chi connectivity index (χ0n) is 11.9. The lowest BCUT2D eigenvalue weighted by Crippen LogP contribution is -2.33. The van der Waals surface area contributed by atoms with Crippen molar-refractivity contribution in [2.75, 3.05) is 22.8 Å². The maximum absolute atomic E-state index is 12.1. The summed E-state index contributed by atoms with van der Waals surface area (Å²) >= 11 is 0. The molecule has 0 aromatic heterocycles. The van der Waals surface area contributed by atoms with Crippen molar-refractivity contribution in [1.29, 1.82) is 0 Å². The molecule has 0 aliphatic heterocycles. The average molecular weight is 299 g/mol. The number of carbonyl (C=O) groups excluding carboxylic acids is 1. The first-order valence-corrected chi connectivity index (χ1v) is 8.21. The quantitative estimate of drug-likeness (QED) is 0.735. The van der Waals surface area contributed by atoms with Crippen molar-refractivity contribution in [3.63, 3.8) is 0 Å². The zero-order valence-corrected chi connectivity index (χ0v) is 12.7. The molecule has 1 aromatic carbocycles. The van der Waals surface area contributed by atoms with Crippen LogP contribution in [0.3, 0.4) is 0 Å². The smallest absolute Gasteiger partial charge is 0.229 e. The molecule has 1 rings (SSSR count). The number of nitrogens with one attached hydrogen (secondary N) is 2. The highest BCUT2D eigenvalue weighted by atomic mass is 32.2. The van der Waals surface area contributed by atoms with Gasteiger partial charge in [0.25, 0.3) is 0 Å². The highest BCUT2D eigenvalue weighted by Gasteiger charge is 2.20. The van der Waals surface area contributed by atoms with Crippen LogP contribution < -0.4 is 15.8 Å². The van der Waals surface area contributed by atoms with Crippen molar-refractivity contribution >= 4 is 27.3 Å². The minimum atomic E-state index is -3.34. The van der Waals surface area contributed by atoms with E-state index in [2.05, 4.69) is 10.0 Å². The van der Waals surface area contributed by atoms with Crippen LogP contribution in [0, 0.1) is 11.8 Å². The Labute approximate surface area is 119 Å². The van der Waals surface area contributed by atoms with E-state index >= 15 is 0 Å². The summed E-state index contributed by atoms with van der Waals surface area (Å²) < 4.78 is 24.7. The molecule has 112 valence electrons. The van der Waals surface area contributed by atoms with Crippen LogP contribution in [0.15, 0.2) is 24.3 Å². The van der Waals surface area contributed by atoms with Gasteiger partial charge in [0.15, 0.2) is 0 Å². The van der Waals surface area contributed by atoms with E-state index in [9.17, 15) is 13.2 Å². The second kappa shape index (κ2) is 6.71. The van der Waals surface area contributed by atoms with E-state index in [1.165, 1.54) is 0 Å². The van der Waals surface area contributed by atoms with E-state index in [0.717, 1.165) is 6.26 Å². The molecule has 0 bridgehead atoms. The normalized spacial score (nSPS) is 13.1. The molecule has 0 spiro atoms. The van der Waals surface area contributed by atoms with Crippen molar-refractivity contribution < 1.29 is 13.2 Å². The lowest BCUT2D eigenvalue weighted by atomic mass is 9.95. The number of anilines is 2. The summed E-state index contributed by atoms with van der Waals surface area (Å²) in [4.78, 5) is 12.1. The molecule has 0 aliphatic carbocycles. The number of hydrogen-bond acceptors (Lipinski definition) is 4. The van der Waals surface area contributed by atoms with Gasteiger partial charge in [-0.15, -0.1) is 0 Å². The van der Waals surface area contributed by atoms with Gasteiger partial charge in [-0.3, -0.25) is 9.52 Å². The van der Waals surface area contributed by atoms with Gasteiger partial charge in [-0.05, 0) is 24.1 Å². The number of nitrogens with two attached hydrogens (primary N) is 1. The van der Waals surface area contributed by atoms with Crippen molar-refractivity contribution in [1.82, 2.24) is 0 Å². The summed E-state index contributed by atoms with van der Waals surface area (Å²) in [6, 6.07) is 6.53. The van der Waals surface area contributed by atoms with Crippen LogP contribution in [0.1, 0.15) is 13.8 Å². The van der Waals surface area contributed by atoms with Crippen LogP contribution in [0.2, 0.25) is 0 Å². The van der Waals surface area contributed by atoms with Crippen LogP contribution in [0.25, 0.3) is 0 Å². The molecule has 0 saturated heterocycles. The second-order valence-electron chi connectivity index (χ2n) is 5.03. The molecule has 1 aromatic rings. The lowest BCUT2D eigenvalue weighted by Gasteiger charge is -2.18. The highest BCUT2D eigenvalue weighted by Crippen LogP contribution is 2.18. The fraction of sp³-hybridized carbons (Fsp3) is 0.462. The van der Waals surface area contributed by atoms with E-state index in [-0.39, 0.29) is 24.3 Å². The molecule has 1 unspecified atom stereocenters. The standard InChI is InChI=1S/C13H21N3O3S/c1-9(2)12(8-14)13(17)15-10-5-4-6-11(7-10)16-20(3,18)19/h4-7,9,12,16H,8,14H2,1-3H3,(H,15,17). The molecule has 7 heteroatoms. The van der Waals surface area contributed by atoms with Gasteiger partial charge < -0.3 is 11.1 Å². The van der Waals surface area contributed by atoms with Gasteiger partial charge in [0.2, 0.25) is 15.9 Å². The van der Waals surface area contributed by atoms with Crippen molar-refractivity contribution in [3.05, 3.63) is 24.3 Å². The van der Waals surface area contributed by atoms with Gasteiger partial charge >= 0.3 is 0 Å². The number of amides is 1. The lowest BCUT2D eigenvalue weighted by molar-refractivity contribution is -0.120. The number of hydrogen-bond donors (Lipinski definition) is 3. The molecule has 1 atom stereocenters. The Hall–Kier alpha value is -1.60. The molecule has 0 radical (unpaired) electrons. The Morgan fingerprint density at radius 3 is 2.40 bits per heavy atom. The molecular weight excluding hydrogens is 278 g/mol. The molecule has 6 nitrogen and oxygen atoms in total. The Kier molecular flexibility index (Phi) is 5.52. The van der Waals surface area contributed by atoms with E-state index in [1.807, 2.05) is 13.8 Å². The molecule has 4 N–H and O–H groups in total. The maximum Gasteiger partial charge on any atom is 0.229 e. The molecule has 0 fully saturated rings. The topological polar surface area (TPSA) is 101 Å². The predicted octanol–water partition coefficient (Wildman–Crippen LogP) is 1.23. The number of carbonyl (C=O) groups is 1. The third-order valence-electron chi connectivity index (χ3n) is 2.83. The van der Waals surface area contributed by atoms with Gasteiger partial charge in [0, 0.05) is 12.2 Å². The summed E-state index contributed by atoms with van der Waals surface area (Å²) in [7, 11) is -3.34. The highest BCUT2D eigenvalue weighted by molar-refractivity contribution is 7.92. The van der Waals surface area contributed by atoms with Crippen LogP contribution in [0.5, 0.6) is 0 Å². The third-order valence-corrected chi connectivity index (χ3v) is 3.44. The van der Waals surface area contributed by atoms with Crippen LogP contribution in [-0.2, 0) is 14.8 Å². The van der Waals surface area contributed by atoms with Crippen LogP contribution >= 0.6 is 0 Å². The minimum Gasteiger partial charge on any atom is -0.330 e. The predicted molar refractivity (Wildman–Crippen MR) is 80.9 cm³/mol. The van der Waals surface area contributed by atoms with Crippen molar-refractivity contribution in [2.45, 2.75) is 13.8 Å². The van der Waals surface area contributed by atoms with Crippen LogP contribution in [-0.4, -0.2) is 27.1 Å². The minimum absolute atomic E-state index is 0.136. The van der Waals surface area contributed by atoms with Crippen molar-refractivity contribution in [3.8, 4) is 0 Å². The molecule has 20 heavy (non-hydrogen) atoms. The maximum atomic E-state index is 12.1. The number of benzene rings is 1. The molecule has 1 amide bonds. The summed E-state index contributed by atoms with van der Waals surface area (Å²) in [6.45, 7) is 4.13. The van der Waals surface area contributed by atoms with E-state index in [1.54, 1.807) is 24.3 Å². The van der Waals surface area contributed by atoms with Gasteiger partial charge in [0.05, 0.1) is 17.9 Å². The first-order valence-electron chi connectivity index (χ1n) is 6.31. The number of rotatable bonds is 6. The first-order chi connectivity index (χ1) is 9.23. The Morgan fingerprint density at radius 1 is 1.30 bits per heavy atom. The monoisotopic (exact) mass is 299 g/mol. The number of sulfonamides is 1. The Balaban J connectivity index is 2.83. The van der Waals surface area contributed by atoms with Gasteiger partial charge in [-0.1, -0.05) is 19.9 Å². The first kappa shape index (κ1) is 16.5. The third kappa shape index (κ3) is 5.18. The van der Waals surface area contributed by atoms with Crippen LogP contribution in [0.4, 0.5) is 11.4 Å². The summed E-state index contributed by atoms with van der Waals surface area (Å²) in [5.41, 5.74) is 6.52. The Bertz CT molecular complexity index is 570. The van der Waals surface area contributed by atoms with E-state index in [0.29, 0.717) is 11.4 Å². The second-order valence-corrected chi connectivity index (χ2v) is 6.78. The molecule has 0 aliphatic rings. The average Bonchev–Trinajstić information content (AvgIpc) is 2.27. The van der Waals surface area contributed by atoms with E-state index < -0.39 is 10.0 Å². The summed E-state index contributed by atoms with van der Waals surface area (Å²) in [6.07, 6.45) is 1.07. The SMILES string of the molecule is CC(C)C(CN)C(=O)Nc1cccc(NS(C)(=O)=O)c1. The molecular formula is C13H21N3O3S. The van der Waals surface area contributed by atoms with E-state index in [4.69, 9.17) is 5.73 Å². The summed E-state index contributed by atoms with van der Waals surface area (Å²) in [5, 5.41) is 2.75. The van der Waals surface area contributed by atoms with Gasteiger partial charge in [0.1, 0.15) is 0 Å².